The summed E-state index contributed by atoms with van der Waals surface area (Å²) in [6.07, 6.45) is 6.05. The van der Waals surface area contributed by atoms with Crippen LogP contribution in [0.1, 0.15) is 18.9 Å². The molecule has 104 valence electrons. The van der Waals surface area contributed by atoms with Gasteiger partial charge in [-0.25, -0.2) is 0 Å². The first kappa shape index (κ1) is 15.4. The molecule has 0 aliphatic carbocycles. The Morgan fingerprint density at radius 2 is 2.21 bits per heavy atom. The van der Waals surface area contributed by atoms with Crippen LogP contribution in [0.4, 0.5) is 0 Å². The largest absolute Gasteiger partial charge is 0.493 e. The first-order chi connectivity index (χ1) is 9.24. The minimum absolute atomic E-state index is 0.114. The van der Waals surface area contributed by atoms with Crippen molar-refractivity contribution in [2.45, 2.75) is 25.9 Å². The maximum Gasteiger partial charge on any atom is 0.162 e. The Morgan fingerprint density at radius 1 is 1.42 bits per heavy atom. The summed E-state index contributed by atoms with van der Waals surface area (Å²) in [5.74, 6) is 3.72. The zero-order chi connectivity index (χ0) is 14.1. The van der Waals surface area contributed by atoms with E-state index >= 15 is 0 Å². The van der Waals surface area contributed by atoms with Gasteiger partial charge >= 0.3 is 0 Å². The predicted molar refractivity (Wildman–Crippen MR) is 75.3 cm³/mol. The van der Waals surface area contributed by atoms with Crippen molar-refractivity contribution in [3.8, 4) is 23.8 Å². The van der Waals surface area contributed by atoms with Crippen molar-refractivity contribution in [1.82, 2.24) is 5.32 Å². The third-order valence-electron chi connectivity index (χ3n) is 2.85. The second-order valence-corrected chi connectivity index (χ2v) is 4.15. The quantitative estimate of drug-likeness (QED) is 0.699. The Morgan fingerprint density at radius 3 is 2.79 bits per heavy atom. The van der Waals surface area contributed by atoms with Crippen LogP contribution in [0, 0.1) is 12.3 Å². The van der Waals surface area contributed by atoms with Gasteiger partial charge in [0.1, 0.15) is 6.61 Å². The molecule has 0 aromatic heterocycles. The maximum atomic E-state index is 9.12. The molecule has 0 bridgehead atoms. The Hall–Kier alpha value is -1.70. The molecule has 19 heavy (non-hydrogen) atoms. The smallest absolute Gasteiger partial charge is 0.162 e. The van der Waals surface area contributed by atoms with E-state index in [-0.39, 0.29) is 19.3 Å². The number of methoxy groups -OCH3 is 1. The van der Waals surface area contributed by atoms with Crippen molar-refractivity contribution < 1.29 is 14.6 Å². The fraction of sp³-hybridized carbons (Fsp3) is 0.467. The Balaban J connectivity index is 2.68. The monoisotopic (exact) mass is 263 g/mol. The molecule has 1 rings (SSSR count). The molecule has 4 nitrogen and oxygen atoms in total. The molecule has 1 aromatic rings. The molecule has 0 aliphatic heterocycles. The molecule has 0 aliphatic rings. The topological polar surface area (TPSA) is 50.7 Å². The third kappa shape index (κ3) is 4.82. The van der Waals surface area contributed by atoms with Crippen molar-refractivity contribution in [3.63, 3.8) is 0 Å². The van der Waals surface area contributed by atoms with Crippen LogP contribution in [0.15, 0.2) is 18.2 Å². The van der Waals surface area contributed by atoms with Gasteiger partial charge in [0.25, 0.3) is 0 Å². The molecular formula is C15H21NO3. The molecule has 1 aromatic carbocycles. The molecule has 0 unspecified atom stereocenters. The fourth-order valence-corrected chi connectivity index (χ4v) is 1.66. The van der Waals surface area contributed by atoms with Gasteiger partial charge in [-0.15, -0.1) is 6.42 Å². The highest BCUT2D eigenvalue weighted by Gasteiger charge is 2.07. The van der Waals surface area contributed by atoms with Crippen molar-refractivity contribution in [1.29, 1.82) is 0 Å². The zero-order valence-electron chi connectivity index (χ0n) is 11.5. The van der Waals surface area contributed by atoms with E-state index in [0.717, 1.165) is 12.0 Å². The van der Waals surface area contributed by atoms with Crippen LogP contribution in [0.2, 0.25) is 0 Å². The van der Waals surface area contributed by atoms with Crippen LogP contribution in [0.3, 0.4) is 0 Å². The first-order valence-corrected chi connectivity index (χ1v) is 6.32. The summed E-state index contributed by atoms with van der Waals surface area (Å²) in [6, 6.07) is 5.81. The predicted octanol–water partition coefficient (Wildman–Crippen LogP) is 1.57. The van der Waals surface area contributed by atoms with Crippen molar-refractivity contribution in [3.05, 3.63) is 23.8 Å². The van der Waals surface area contributed by atoms with Gasteiger partial charge in [0.15, 0.2) is 11.5 Å². The van der Waals surface area contributed by atoms with Crippen LogP contribution < -0.4 is 14.8 Å². The summed E-state index contributed by atoms with van der Waals surface area (Å²) in [4.78, 5) is 0. The average Bonchev–Trinajstić information content (AvgIpc) is 2.46. The molecule has 1 atom stereocenters. The molecule has 0 saturated carbocycles. The van der Waals surface area contributed by atoms with Gasteiger partial charge in [-0.1, -0.05) is 18.9 Å². The van der Waals surface area contributed by atoms with Gasteiger partial charge in [0.05, 0.1) is 13.7 Å². The molecule has 0 saturated heterocycles. The van der Waals surface area contributed by atoms with Crippen molar-refractivity contribution in [2.24, 2.45) is 0 Å². The van der Waals surface area contributed by atoms with E-state index in [4.69, 9.17) is 21.0 Å². The van der Waals surface area contributed by atoms with E-state index in [1.807, 2.05) is 25.1 Å². The molecule has 2 N–H and O–H groups in total. The van der Waals surface area contributed by atoms with Crippen LogP contribution in [-0.4, -0.2) is 31.5 Å². The van der Waals surface area contributed by atoms with Gasteiger partial charge in [-0.2, -0.15) is 0 Å². The summed E-state index contributed by atoms with van der Waals surface area (Å²) in [7, 11) is 1.60. The van der Waals surface area contributed by atoms with E-state index < -0.39 is 0 Å². The zero-order valence-corrected chi connectivity index (χ0v) is 11.5. The lowest BCUT2D eigenvalue weighted by Gasteiger charge is -2.15. The second kappa shape index (κ2) is 8.41. The number of terminal acetylenes is 1. The minimum atomic E-state index is 0.114. The van der Waals surface area contributed by atoms with Crippen LogP contribution >= 0.6 is 0 Å². The molecular weight excluding hydrogens is 242 g/mol. The van der Waals surface area contributed by atoms with Crippen molar-refractivity contribution >= 4 is 0 Å². The number of hydrogen-bond acceptors (Lipinski definition) is 4. The van der Waals surface area contributed by atoms with Gasteiger partial charge in [-0.05, 0) is 24.1 Å². The van der Waals surface area contributed by atoms with E-state index in [1.165, 1.54) is 0 Å². The summed E-state index contributed by atoms with van der Waals surface area (Å²) in [6.45, 7) is 3.06. The highest BCUT2D eigenvalue weighted by molar-refractivity contribution is 5.43. The first-order valence-electron chi connectivity index (χ1n) is 6.32. The lowest BCUT2D eigenvalue weighted by molar-refractivity contribution is 0.238. The Labute approximate surface area is 114 Å². The molecule has 0 radical (unpaired) electrons. The SMILES string of the molecule is C#CCOc1ccc(CN[C@H](CC)CO)cc1OC. The Bertz CT molecular complexity index is 422. The highest BCUT2D eigenvalue weighted by Crippen LogP contribution is 2.27. The van der Waals surface area contributed by atoms with E-state index in [1.54, 1.807) is 7.11 Å². The standard InChI is InChI=1S/C15H21NO3/c1-4-8-19-14-7-6-12(9-15(14)18-3)10-16-13(5-2)11-17/h1,6-7,9,13,16-17H,5,8,10-11H2,2-3H3/t13-/m1/s1. The van der Waals surface area contributed by atoms with Gasteiger partial charge < -0.3 is 19.9 Å². The summed E-state index contributed by atoms with van der Waals surface area (Å²) < 4.78 is 10.7. The normalized spacial score (nSPS) is 11.7. The average molecular weight is 263 g/mol. The lowest BCUT2D eigenvalue weighted by atomic mass is 10.1. The lowest BCUT2D eigenvalue weighted by Crippen LogP contribution is -2.31. The van der Waals surface area contributed by atoms with Gasteiger partial charge in [-0.3, -0.25) is 0 Å². The summed E-state index contributed by atoms with van der Waals surface area (Å²) in [5.41, 5.74) is 1.07. The van der Waals surface area contributed by atoms with E-state index in [0.29, 0.717) is 18.0 Å². The fourth-order valence-electron chi connectivity index (χ4n) is 1.66. The minimum Gasteiger partial charge on any atom is -0.493 e. The van der Waals surface area contributed by atoms with Crippen LogP contribution in [-0.2, 0) is 6.54 Å². The number of aliphatic hydroxyl groups excluding tert-OH is 1. The number of nitrogens with one attached hydrogen (secondary N) is 1. The maximum absolute atomic E-state index is 9.12. The Kier molecular flexibility index (Phi) is 6.80. The number of ether oxygens (including phenoxy) is 2. The molecule has 4 heteroatoms. The summed E-state index contributed by atoms with van der Waals surface area (Å²) >= 11 is 0. The second-order valence-electron chi connectivity index (χ2n) is 4.15. The van der Waals surface area contributed by atoms with E-state index in [9.17, 15) is 0 Å². The molecule has 0 spiro atoms. The van der Waals surface area contributed by atoms with Crippen LogP contribution in [0.25, 0.3) is 0 Å². The number of aliphatic hydroxyl groups is 1. The molecule has 0 amide bonds. The van der Waals surface area contributed by atoms with Gasteiger partial charge in [0, 0.05) is 12.6 Å². The van der Waals surface area contributed by atoms with Crippen LogP contribution in [0.5, 0.6) is 11.5 Å². The summed E-state index contributed by atoms with van der Waals surface area (Å²) in [5, 5.41) is 12.4. The molecule has 0 fully saturated rings. The number of benzene rings is 1. The third-order valence-corrected chi connectivity index (χ3v) is 2.85. The van der Waals surface area contributed by atoms with Crippen molar-refractivity contribution in [2.75, 3.05) is 20.3 Å². The number of hydrogen-bond donors (Lipinski definition) is 2. The number of rotatable bonds is 8. The highest BCUT2D eigenvalue weighted by atomic mass is 16.5. The molecule has 0 heterocycles. The van der Waals surface area contributed by atoms with Gasteiger partial charge in [0.2, 0.25) is 0 Å². The van der Waals surface area contributed by atoms with E-state index in [2.05, 4.69) is 11.2 Å².